The van der Waals surface area contributed by atoms with Crippen LogP contribution in [-0.2, 0) is 6.54 Å². The molecule has 1 aromatic carbocycles. The molecule has 1 aliphatic rings. The highest BCUT2D eigenvalue weighted by molar-refractivity contribution is 6.31. The first-order chi connectivity index (χ1) is 9.58. The van der Waals surface area contributed by atoms with Gasteiger partial charge in [-0.3, -0.25) is 4.90 Å². The lowest BCUT2D eigenvalue weighted by Gasteiger charge is -2.36. The van der Waals surface area contributed by atoms with E-state index in [1.165, 1.54) is 24.0 Å². The van der Waals surface area contributed by atoms with Gasteiger partial charge in [0.25, 0.3) is 0 Å². The molecule has 0 aromatic heterocycles. The second-order valence-electron chi connectivity index (χ2n) is 6.33. The third kappa shape index (κ3) is 4.21. The van der Waals surface area contributed by atoms with Gasteiger partial charge in [-0.1, -0.05) is 37.6 Å². The molecule has 1 aliphatic heterocycles. The Bertz CT molecular complexity index is 425. The smallest absolute Gasteiger partial charge is 0.0438 e. The fourth-order valence-electron chi connectivity index (χ4n) is 3.03. The van der Waals surface area contributed by atoms with Crippen LogP contribution < -0.4 is 5.32 Å². The van der Waals surface area contributed by atoms with E-state index in [0.29, 0.717) is 12.0 Å². The summed E-state index contributed by atoms with van der Waals surface area (Å²) in [7, 11) is 0. The molecule has 0 spiro atoms. The molecule has 1 heterocycles. The number of nitrogens with zero attached hydrogens (tertiary/aromatic N) is 1. The summed E-state index contributed by atoms with van der Waals surface area (Å²) >= 11 is 6.26. The van der Waals surface area contributed by atoms with Crippen molar-refractivity contribution in [1.29, 1.82) is 0 Å². The molecule has 0 saturated carbocycles. The van der Waals surface area contributed by atoms with Crippen LogP contribution in [0.3, 0.4) is 0 Å². The van der Waals surface area contributed by atoms with Crippen molar-refractivity contribution in [3.63, 3.8) is 0 Å². The Morgan fingerprint density at radius 3 is 2.65 bits per heavy atom. The predicted octanol–water partition coefficient (Wildman–Crippen LogP) is 3.86. The van der Waals surface area contributed by atoms with Gasteiger partial charge >= 0.3 is 0 Å². The maximum atomic E-state index is 6.26. The Balaban J connectivity index is 2.12. The van der Waals surface area contributed by atoms with E-state index >= 15 is 0 Å². The van der Waals surface area contributed by atoms with Crippen LogP contribution in [0.2, 0.25) is 5.02 Å². The van der Waals surface area contributed by atoms with Crippen LogP contribution in [0, 0.1) is 12.8 Å². The first kappa shape index (κ1) is 15.8. The van der Waals surface area contributed by atoms with Gasteiger partial charge in [0.1, 0.15) is 0 Å². The first-order valence-electron chi connectivity index (χ1n) is 7.76. The highest BCUT2D eigenvalue weighted by Gasteiger charge is 2.22. The first-order valence-corrected chi connectivity index (χ1v) is 8.14. The lowest BCUT2D eigenvalue weighted by atomic mass is 10.0. The summed E-state index contributed by atoms with van der Waals surface area (Å²) in [6.45, 7) is 11.2. The van der Waals surface area contributed by atoms with Crippen LogP contribution in [0.25, 0.3) is 0 Å². The van der Waals surface area contributed by atoms with Crippen molar-refractivity contribution >= 4 is 11.6 Å². The molecule has 2 nitrogen and oxygen atoms in total. The quantitative estimate of drug-likeness (QED) is 0.887. The Labute approximate surface area is 128 Å². The summed E-state index contributed by atoms with van der Waals surface area (Å²) in [5.41, 5.74) is 2.61. The zero-order chi connectivity index (χ0) is 14.5. The van der Waals surface area contributed by atoms with Gasteiger partial charge in [0.15, 0.2) is 0 Å². The van der Waals surface area contributed by atoms with Gasteiger partial charge in [0.2, 0.25) is 0 Å². The van der Waals surface area contributed by atoms with Crippen LogP contribution in [0.4, 0.5) is 0 Å². The van der Waals surface area contributed by atoms with E-state index in [4.69, 9.17) is 11.6 Å². The van der Waals surface area contributed by atoms with Crippen molar-refractivity contribution in [2.24, 2.45) is 5.92 Å². The molecule has 1 fully saturated rings. The third-order valence-corrected chi connectivity index (χ3v) is 4.59. The molecule has 20 heavy (non-hydrogen) atoms. The van der Waals surface area contributed by atoms with E-state index in [-0.39, 0.29) is 0 Å². The Morgan fingerprint density at radius 2 is 2.00 bits per heavy atom. The Hall–Kier alpha value is -0.570. The maximum Gasteiger partial charge on any atom is 0.0438 e. The predicted molar refractivity (Wildman–Crippen MR) is 87.3 cm³/mol. The average molecular weight is 295 g/mol. The van der Waals surface area contributed by atoms with Crippen molar-refractivity contribution in [2.45, 2.75) is 46.2 Å². The largest absolute Gasteiger partial charge is 0.317 e. The standard InChI is InChI=1S/C17H27ClN2/c1-13(2)11-20(16-7-9-19-10-8-16)12-15-5-4-6-17(18)14(15)3/h4-6,13,16,19H,7-12H2,1-3H3. The fraction of sp³-hybridized carbons (Fsp3) is 0.647. The molecule has 0 aliphatic carbocycles. The molecule has 1 N–H and O–H groups in total. The van der Waals surface area contributed by atoms with E-state index in [2.05, 4.69) is 43.1 Å². The minimum absolute atomic E-state index is 0.698. The van der Waals surface area contributed by atoms with Crippen LogP contribution in [0.5, 0.6) is 0 Å². The highest BCUT2D eigenvalue weighted by Crippen LogP contribution is 2.23. The molecule has 1 aromatic rings. The Morgan fingerprint density at radius 1 is 1.30 bits per heavy atom. The van der Waals surface area contributed by atoms with E-state index in [0.717, 1.165) is 31.2 Å². The van der Waals surface area contributed by atoms with Crippen molar-refractivity contribution in [2.75, 3.05) is 19.6 Å². The van der Waals surface area contributed by atoms with Crippen LogP contribution >= 0.6 is 11.6 Å². The van der Waals surface area contributed by atoms with E-state index < -0.39 is 0 Å². The second kappa shape index (κ2) is 7.44. The van der Waals surface area contributed by atoms with Gasteiger partial charge in [-0.2, -0.15) is 0 Å². The van der Waals surface area contributed by atoms with E-state index in [1.54, 1.807) is 0 Å². The molecule has 112 valence electrons. The second-order valence-corrected chi connectivity index (χ2v) is 6.74. The molecular formula is C17H27ClN2. The number of halogens is 1. The molecule has 0 bridgehead atoms. The minimum atomic E-state index is 0.698. The summed E-state index contributed by atoms with van der Waals surface area (Å²) < 4.78 is 0. The van der Waals surface area contributed by atoms with Gasteiger partial charge in [0.05, 0.1) is 0 Å². The maximum absolute atomic E-state index is 6.26. The summed E-state index contributed by atoms with van der Waals surface area (Å²) in [5.74, 6) is 0.698. The molecular weight excluding hydrogens is 268 g/mol. The Kier molecular flexibility index (Phi) is 5.88. The van der Waals surface area contributed by atoms with Gasteiger partial charge in [0, 0.05) is 24.2 Å². The van der Waals surface area contributed by atoms with E-state index in [9.17, 15) is 0 Å². The van der Waals surface area contributed by atoms with Crippen molar-refractivity contribution in [3.8, 4) is 0 Å². The minimum Gasteiger partial charge on any atom is -0.317 e. The monoisotopic (exact) mass is 294 g/mol. The van der Waals surface area contributed by atoms with Gasteiger partial charge < -0.3 is 5.32 Å². The van der Waals surface area contributed by atoms with Crippen molar-refractivity contribution in [3.05, 3.63) is 34.3 Å². The molecule has 1 saturated heterocycles. The van der Waals surface area contributed by atoms with Crippen molar-refractivity contribution in [1.82, 2.24) is 10.2 Å². The number of benzene rings is 1. The van der Waals surface area contributed by atoms with Crippen LogP contribution in [-0.4, -0.2) is 30.6 Å². The third-order valence-electron chi connectivity index (χ3n) is 4.18. The summed E-state index contributed by atoms with van der Waals surface area (Å²) in [6.07, 6.45) is 2.51. The van der Waals surface area contributed by atoms with Crippen LogP contribution in [0.1, 0.15) is 37.8 Å². The summed E-state index contributed by atoms with van der Waals surface area (Å²) in [6, 6.07) is 6.98. The average Bonchev–Trinajstić information content (AvgIpc) is 2.43. The van der Waals surface area contributed by atoms with Crippen molar-refractivity contribution < 1.29 is 0 Å². The fourth-order valence-corrected chi connectivity index (χ4v) is 3.22. The highest BCUT2D eigenvalue weighted by atomic mass is 35.5. The molecule has 0 atom stereocenters. The topological polar surface area (TPSA) is 15.3 Å². The zero-order valence-corrected chi connectivity index (χ0v) is 13.7. The number of hydrogen-bond donors (Lipinski definition) is 1. The summed E-state index contributed by atoms with van der Waals surface area (Å²) in [4.78, 5) is 2.66. The molecule has 0 radical (unpaired) electrons. The lowest BCUT2D eigenvalue weighted by Crippen LogP contribution is -2.44. The normalized spacial score (nSPS) is 17.1. The van der Waals surface area contributed by atoms with Gasteiger partial charge in [-0.25, -0.2) is 0 Å². The van der Waals surface area contributed by atoms with Crippen LogP contribution in [0.15, 0.2) is 18.2 Å². The summed E-state index contributed by atoms with van der Waals surface area (Å²) in [5, 5.41) is 4.35. The van der Waals surface area contributed by atoms with E-state index in [1.807, 2.05) is 6.07 Å². The number of nitrogens with one attached hydrogen (secondary N) is 1. The number of piperidine rings is 1. The number of rotatable bonds is 5. The molecule has 2 rings (SSSR count). The SMILES string of the molecule is Cc1c(Cl)cccc1CN(CC(C)C)C1CCNCC1. The molecule has 0 unspecified atom stereocenters. The van der Waals surface area contributed by atoms with Gasteiger partial charge in [-0.05, 0) is 56.0 Å². The zero-order valence-electron chi connectivity index (χ0n) is 13.0. The lowest BCUT2D eigenvalue weighted by molar-refractivity contribution is 0.137. The molecule has 0 amide bonds. The van der Waals surface area contributed by atoms with Gasteiger partial charge in [-0.15, -0.1) is 0 Å². The number of hydrogen-bond acceptors (Lipinski definition) is 2. The molecule has 3 heteroatoms.